The molecule has 2 aliphatic heterocycles. The van der Waals surface area contributed by atoms with E-state index in [-0.39, 0.29) is 47.0 Å². The second kappa shape index (κ2) is 7.06. The fourth-order valence-electron chi connectivity index (χ4n) is 3.00. The Balaban J connectivity index is 1.97. The summed E-state index contributed by atoms with van der Waals surface area (Å²) >= 11 is 6.07. The number of rotatable bonds is 0. The molecule has 2 N–H and O–H groups in total. The van der Waals surface area contributed by atoms with E-state index in [0.29, 0.717) is 12.8 Å². The third kappa shape index (κ3) is 3.96. The van der Waals surface area contributed by atoms with E-state index < -0.39 is 23.6 Å². The van der Waals surface area contributed by atoms with Gasteiger partial charge in [-0.05, 0) is 13.3 Å². The number of allylic oxidation sites excluding steroid dienone is 1. The van der Waals surface area contributed by atoms with Crippen molar-refractivity contribution >= 4 is 23.4 Å². The molecule has 0 aromatic heterocycles. The number of hydrogen-bond donors (Lipinski definition) is 2. The number of benzene rings is 1. The van der Waals surface area contributed by atoms with Gasteiger partial charge in [0.05, 0.1) is 17.2 Å². The number of esters is 1. The van der Waals surface area contributed by atoms with E-state index in [9.17, 15) is 19.8 Å². The summed E-state index contributed by atoms with van der Waals surface area (Å²) in [6.07, 6.45) is 4.55. The maximum atomic E-state index is 12.5. The van der Waals surface area contributed by atoms with Crippen LogP contribution in [0.15, 0.2) is 18.2 Å². The summed E-state index contributed by atoms with van der Waals surface area (Å²) in [5.74, 6) is -1.84. The number of hydrogen-bond acceptors (Lipinski definition) is 6. The number of phenols is 2. The Kier molecular flexibility index (Phi) is 5.01. The van der Waals surface area contributed by atoms with Crippen molar-refractivity contribution in [2.24, 2.45) is 0 Å². The molecule has 7 heteroatoms. The van der Waals surface area contributed by atoms with E-state index in [1.54, 1.807) is 13.0 Å². The van der Waals surface area contributed by atoms with E-state index in [2.05, 4.69) is 0 Å². The molecule has 0 spiro atoms. The number of ether oxygens (including phenoxy) is 2. The zero-order valence-electron chi connectivity index (χ0n) is 13.7. The minimum absolute atomic E-state index is 0.0163. The molecule has 134 valence electrons. The highest BCUT2D eigenvalue weighted by Gasteiger charge is 2.39. The Labute approximate surface area is 150 Å². The maximum Gasteiger partial charge on any atom is 0.342 e. The number of Topliss-reactive ketones (excluding diaryl/α,β-unsaturated/α-hetero) is 1. The SMILES string of the molecule is C[C@@H]1C[C@@H]2O[C@H]2C/C=C/CC(=O)Cc2c(Cl)c(O)cc(O)c2C(=O)O1. The van der Waals surface area contributed by atoms with Crippen molar-refractivity contribution in [3.8, 4) is 11.5 Å². The second-order valence-corrected chi connectivity index (χ2v) is 6.75. The lowest BCUT2D eigenvalue weighted by atomic mass is 9.98. The number of carbonyl (C=O) groups is 2. The monoisotopic (exact) mass is 366 g/mol. The van der Waals surface area contributed by atoms with Crippen LogP contribution in [0.3, 0.4) is 0 Å². The Morgan fingerprint density at radius 2 is 1.92 bits per heavy atom. The highest BCUT2D eigenvalue weighted by Crippen LogP contribution is 2.38. The van der Waals surface area contributed by atoms with Crippen molar-refractivity contribution in [2.75, 3.05) is 0 Å². The molecule has 0 bridgehead atoms. The van der Waals surface area contributed by atoms with E-state index >= 15 is 0 Å². The van der Waals surface area contributed by atoms with Gasteiger partial charge in [0.1, 0.15) is 28.9 Å². The lowest BCUT2D eigenvalue weighted by Crippen LogP contribution is -2.20. The quantitative estimate of drug-likeness (QED) is 0.416. The molecule has 0 amide bonds. The first-order valence-corrected chi connectivity index (χ1v) is 8.51. The van der Waals surface area contributed by atoms with Crippen LogP contribution in [0.1, 0.15) is 42.1 Å². The van der Waals surface area contributed by atoms with Crippen LogP contribution in [-0.2, 0) is 20.7 Å². The van der Waals surface area contributed by atoms with Crippen LogP contribution in [0.4, 0.5) is 0 Å². The zero-order chi connectivity index (χ0) is 18.1. The standard InChI is InChI=1S/C18H19ClO6/c1-9-6-15-14(25-15)5-3-2-4-10(20)7-11-16(18(23)24-9)12(21)8-13(22)17(11)19/h2-3,8-9,14-15,21-22H,4-7H2,1H3/b3-2+/t9-,14+,15+/m1/s1. The van der Waals surface area contributed by atoms with Crippen molar-refractivity contribution in [1.29, 1.82) is 0 Å². The molecule has 0 unspecified atom stereocenters. The molecule has 0 radical (unpaired) electrons. The predicted octanol–water partition coefficient (Wildman–Crippen LogP) is 2.92. The van der Waals surface area contributed by atoms with Gasteiger partial charge in [-0.2, -0.15) is 0 Å². The molecule has 25 heavy (non-hydrogen) atoms. The number of ketones is 1. The Hall–Kier alpha value is -2.05. The predicted molar refractivity (Wildman–Crippen MR) is 90.0 cm³/mol. The van der Waals surface area contributed by atoms with Gasteiger partial charge in [0.15, 0.2) is 0 Å². The van der Waals surface area contributed by atoms with E-state index in [1.165, 1.54) is 0 Å². The van der Waals surface area contributed by atoms with E-state index in [4.69, 9.17) is 21.1 Å². The molecular formula is C18H19ClO6. The molecule has 0 saturated carbocycles. The normalized spacial score (nSPS) is 28.3. The number of aromatic hydroxyl groups is 2. The summed E-state index contributed by atoms with van der Waals surface area (Å²) in [5.41, 5.74) is -0.107. The van der Waals surface area contributed by atoms with E-state index in [1.807, 2.05) is 6.08 Å². The van der Waals surface area contributed by atoms with Crippen molar-refractivity contribution in [3.63, 3.8) is 0 Å². The lowest BCUT2D eigenvalue weighted by molar-refractivity contribution is -0.117. The highest BCUT2D eigenvalue weighted by molar-refractivity contribution is 6.33. The van der Waals surface area contributed by atoms with Crippen LogP contribution in [0.25, 0.3) is 0 Å². The zero-order valence-corrected chi connectivity index (χ0v) is 14.5. The van der Waals surface area contributed by atoms with Gasteiger partial charge in [-0.15, -0.1) is 0 Å². The molecule has 1 aromatic carbocycles. The van der Waals surface area contributed by atoms with Gasteiger partial charge in [0.2, 0.25) is 0 Å². The second-order valence-electron chi connectivity index (χ2n) is 6.37. The number of epoxide rings is 1. The average Bonchev–Trinajstić information content (AvgIpc) is 3.25. The fraction of sp³-hybridized carbons (Fsp3) is 0.444. The highest BCUT2D eigenvalue weighted by atomic mass is 35.5. The molecule has 0 aliphatic carbocycles. The average molecular weight is 367 g/mol. The van der Waals surface area contributed by atoms with Crippen LogP contribution >= 0.6 is 11.6 Å². The van der Waals surface area contributed by atoms with Crippen LogP contribution in [0.5, 0.6) is 11.5 Å². The Bertz CT molecular complexity index is 742. The minimum Gasteiger partial charge on any atom is -0.507 e. The Morgan fingerprint density at radius 3 is 2.68 bits per heavy atom. The smallest absolute Gasteiger partial charge is 0.342 e. The van der Waals surface area contributed by atoms with Gasteiger partial charge in [0, 0.05) is 30.9 Å². The molecular weight excluding hydrogens is 348 g/mol. The third-order valence-corrected chi connectivity index (χ3v) is 4.76. The first-order valence-electron chi connectivity index (χ1n) is 8.13. The number of carbonyl (C=O) groups excluding carboxylic acids is 2. The number of halogens is 1. The summed E-state index contributed by atoms with van der Waals surface area (Å²) in [7, 11) is 0. The molecule has 1 fully saturated rings. The summed E-state index contributed by atoms with van der Waals surface area (Å²) in [6, 6.07) is 0.973. The topological polar surface area (TPSA) is 96.4 Å². The number of phenolic OH excluding ortho intramolecular Hbond substituents is 2. The minimum atomic E-state index is -0.778. The first-order chi connectivity index (χ1) is 11.9. The van der Waals surface area contributed by atoms with Crippen molar-refractivity contribution in [2.45, 2.75) is 50.9 Å². The number of fused-ring (bicyclic) bond motifs is 2. The molecule has 2 aliphatic rings. The van der Waals surface area contributed by atoms with Crippen molar-refractivity contribution in [3.05, 3.63) is 34.4 Å². The van der Waals surface area contributed by atoms with E-state index in [0.717, 1.165) is 6.07 Å². The number of cyclic esters (lactones) is 1. The van der Waals surface area contributed by atoms with Gasteiger partial charge in [-0.1, -0.05) is 23.8 Å². The summed E-state index contributed by atoms with van der Waals surface area (Å²) < 4.78 is 10.9. The van der Waals surface area contributed by atoms with Crippen LogP contribution in [0, 0.1) is 0 Å². The third-order valence-electron chi connectivity index (χ3n) is 4.34. The molecule has 3 atom stereocenters. The van der Waals surface area contributed by atoms with Gasteiger partial charge in [-0.25, -0.2) is 4.79 Å². The van der Waals surface area contributed by atoms with Gasteiger partial charge >= 0.3 is 5.97 Å². The molecule has 3 rings (SSSR count). The summed E-state index contributed by atoms with van der Waals surface area (Å²) in [5, 5.41) is 19.8. The summed E-state index contributed by atoms with van der Waals surface area (Å²) in [4.78, 5) is 24.7. The van der Waals surface area contributed by atoms with Gasteiger partial charge < -0.3 is 19.7 Å². The van der Waals surface area contributed by atoms with Crippen LogP contribution in [0.2, 0.25) is 5.02 Å². The molecule has 1 aromatic rings. The molecule has 1 saturated heterocycles. The lowest BCUT2D eigenvalue weighted by Gasteiger charge is -2.17. The first kappa shape index (κ1) is 17.8. The molecule has 2 heterocycles. The molecule has 6 nitrogen and oxygen atoms in total. The van der Waals surface area contributed by atoms with Gasteiger partial charge in [-0.3, -0.25) is 4.79 Å². The summed E-state index contributed by atoms with van der Waals surface area (Å²) in [6.45, 7) is 1.74. The maximum absolute atomic E-state index is 12.5. The van der Waals surface area contributed by atoms with Crippen molar-refractivity contribution in [1.82, 2.24) is 0 Å². The van der Waals surface area contributed by atoms with Gasteiger partial charge in [0.25, 0.3) is 0 Å². The van der Waals surface area contributed by atoms with Crippen LogP contribution in [-0.4, -0.2) is 40.3 Å². The largest absolute Gasteiger partial charge is 0.507 e. The van der Waals surface area contributed by atoms with Crippen molar-refractivity contribution < 1.29 is 29.3 Å². The fourth-order valence-corrected chi connectivity index (χ4v) is 3.22. The Morgan fingerprint density at radius 1 is 1.16 bits per heavy atom. The van der Waals surface area contributed by atoms with Crippen LogP contribution < -0.4 is 0 Å².